The first-order valence-corrected chi connectivity index (χ1v) is 8.04. The van der Waals surface area contributed by atoms with E-state index in [4.69, 9.17) is 5.26 Å². The Hall–Kier alpha value is -3.72. The van der Waals surface area contributed by atoms with E-state index in [0.717, 1.165) is 11.3 Å². The summed E-state index contributed by atoms with van der Waals surface area (Å²) in [6.07, 6.45) is 1.36. The SMILES string of the molecule is CN(Cc1ccccc1)C(=O)c1cc(Nc2ccc(C#N)cc2)ncn1. The molecule has 0 atom stereocenters. The van der Waals surface area contributed by atoms with Crippen molar-refractivity contribution in [1.82, 2.24) is 14.9 Å². The highest BCUT2D eigenvalue weighted by Crippen LogP contribution is 2.16. The number of nitriles is 1. The third-order valence-corrected chi connectivity index (χ3v) is 3.78. The molecule has 0 spiro atoms. The summed E-state index contributed by atoms with van der Waals surface area (Å²) < 4.78 is 0. The first kappa shape index (κ1) is 17.1. The molecule has 0 saturated heterocycles. The van der Waals surface area contributed by atoms with E-state index in [0.29, 0.717) is 23.6 Å². The molecule has 1 aromatic heterocycles. The van der Waals surface area contributed by atoms with Gasteiger partial charge in [0.25, 0.3) is 5.91 Å². The minimum absolute atomic E-state index is 0.181. The fourth-order valence-electron chi connectivity index (χ4n) is 2.44. The molecular formula is C20H17N5O. The predicted molar refractivity (Wildman–Crippen MR) is 98.7 cm³/mol. The van der Waals surface area contributed by atoms with Crippen molar-refractivity contribution in [3.05, 3.63) is 83.8 Å². The second kappa shape index (κ2) is 7.90. The number of hydrogen-bond donors (Lipinski definition) is 1. The summed E-state index contributed by atoms with van der Waals surface area (Å²) in [7, 11) is 1.74. The van der Waals surface area contributed by atoms with E-state index in [2.05, 4.69) is 21.4 Å². The van der Waals surface area contributed by atoms with Crippen LogP contribution in [0.4, 0.5) is 11.5 Å². The summed E-state index contributed by atoms with van der Waals surface area (Å²) in [5.74, 6) is 0.334. The normalized spacial score (nSPS) is 10.0. The number of rotatable bonds is 5. The van der Waals surface area contributed by atoms with Gasteiger partial charge in [-0.1, -0.05) is 30.3 Å². The molecule has 3 aromatic rings. The summed E-state index contributed by atoms with van der Waals surface area (Å²) >= 11 is 0. The van der Waals surface area contributed by atoms with Crippen LogP contribution >= 0.6 is 0 Å². The van der Waals surface area contributed by atoms with Crippen molar-refractivity contribution in [2.75, 3.05) is 12.4 Å². The average Bonchev–Trinajstić information content (AvgIpc) is 2.69. The predicted octanol–water partition coefficient (Wildman–Crippen LogP) is 3.36. The average molecular weight is 343 g/mol. The lowest BCUT2D eigenvalue weighted by atomic mass is 10.2. The molecule has 1 N–H and O–H groups in total. The van der Waals surface area contributed by atoms with Crippen LogP contribution in [0.3, 0.4) is 0 Å². The van der Waals surface area contributed by atoms with Crippen LogP contribution in [-0.4, -0.2) is 27.8 Å². The monoisotopic (exact) mass is 343 g/mol. The summed E-state index contributed by atoms with van der Waals surface area (Å²) in [6.45, 7) is 0.502. The molecule has 3 rings (SSSR count). The maximum absolute atomic E-state index is 12.6. The van der Waals surface area contributed by atoms with Crippen LogP contribution in [0, 0.1) is 11.3 Å². The molecule has 0 aliphatic carbocycles. The van der Waals surface area contributed by atoms with Crippen molar-refractivity contribution in [3.8, 4) is 6.07 Å². The Kier molecular flexibility index (Phi) is 5.20. The Balaban J connectivity index is 1.71. The lowest BCUT2D eigenvalue weighted by molar-refractivity contribution is 0.0779. The van der Waals surface area contributed by atoms with Gasteiger partial charge in [-0.05, 0) is 29.8 Å². The van der Waals surface area contributed by atoms with Crippen LogP contribution in [0.5, 0.6) is 0 Å². The molecule has 6 heteroatoms. The zero-order chi connectivity index (χ0) is 18.4. The van der Waals surface area contributed by atoms with Crippen molar-refractivity contribution < 1.29 is 4.79 Å². The van der Waals surface area contributed by atoms with Gasteiger partial charge in [0.15, 0.2) is 0 Å². The highest BCUT2D eigenvalue weighted by atomic mass is 16.2. The minimum Gasteiger partial charge on any atom is -0.340 e. The summed E-state index contributed by atoms with van der Waals surface area (Å²) in [4.78, 5) is 22.5. The minimum atomic E-state index is -0.181. The molecule has 2 aromatic carbocycles. The molecule has 0 radical (unpaired) electrons. The molecule has 0 aliphatic rings. The molecule has 0 fully saturated rings. The molecule has 128 valence electrons. The maximum atomic E-state index is 12.6. The van der Waals surface area contributed by atoms with Crippen LogP contribution in [0.2, 0.25) is 0 Å². The zero-order valence-corrected chi connectivity index (χ0v) is 14.3. The zero-order valence-electron chi connectivity index (χ0n) is 14.3. The van der Waals surface area contributed by atoms with Crippen molar-refractivity contribution in [2.24, 2.45) is 0 Å². The van der Waals surface area contributed by atoms with Gasteiger partial charge in [0.1, 0.15) is 17.8 Å². The number of aromatic nitrogens is 2. The lowest BCUT2D eigenvalue weighted by Crippen LogP contribution is -2.27. The van der Waals surface area contributed by atoms with E-state index >= 15 is 0 Å². The van der Waals surface area contributed by atoms with Crippen LogP contribution in [0.25, 0.3) is 0 Å². The second-order valence-electron chi connectivity index (χ2n) is 5.75. The number of nitrogens with one attached hydrogen (secondary N) is 1. The van der Waals surface area contributed by atoms with Gasteiger partial charge in [0.2, 0.25) is 0 Å². The van der Waals surface area contributed by atoms with E-state index in [1.165, 1.54) is 6.33 Å². The fourth-order valence-corrected chi connectivity index (χ4v) is 2.44. The van der Waals surface area contributed by atoms with E-state index in [1.807, 2.05) is 30.3 Å². The topological polar surface area (TPSA) is 81.9 Å². The number of amides is 1. The number of hydrogen-bond acceptors (Lipinski definition) is 5. The highest BCUT2D eigenvalue weighted by Gasteiger charge is 2.14. The Bertz CT molecular complexity index is 932. The fraction of sp³-hybridized carbons (Fsp3) is 0.100. The van der Waals surface area contributed by atoms with Crippen LogP contribution in [0.15, 0.2) is 67.0 Å². The number of carbonyl (C=O) groups is 1. The molecular weight excluding hydrogens is 326 g/mol. The standard InChI is InChI=1S/C20H17N5O/c1-25(13-16-5-3-2-4-6-16)20(26)18-11-19(23-14-22-18)24-17-9-7-15(12-21)8-10-17/h2-11,14H,13H2,1H3,(H,22,23,24). The molecule has 0 bridgehead atoms. The largest absolute Gasteiger partial charge is 0.340 e. The van der Waals surface area contributed by atoms with Crippen molar-refractivity contribution >= 4 is 17.4 Å². The van der Waals surface area contributed by atoms with Crippen molar-refractivity contribution in [2.45, 2.75) is 6.54 Å². The first-order valence-electron chi connectivity index (χ1n) is 8.04. The van der Waals surface area contributed by atoms with Gasteiger partial charge in [-0.25, -0.2) is 9.97 Å². The van der Waals surface area contributed by atoms with Gasteiger partial charge in [-0.2, -0.15) is 5.26 Å². The van der Waals surface area contributed by atoms with E-state index < -0.39 is 0 Å². The van der Waals surface area contributed by atoms with E-state index in [1.54, 1.807) is 42.3 Å². The Morgan fingerprint density at radius 3 is 2.54 bits per heavy atom. The first-order chi connectivity index (χ1) is 12.7. The van der Waals surface area contributed by atoms with Gasteiger partial charge < -0.3 is 10.2 Å². The maximum Gasteiger partial charge on any atom is 0.272 e. The third-order valence-electron chi connectivity index (χ3n) is 3.78. The number of carbonyl (C=O) groups excluding carboxylic acids is 1. The molecule has 26 heavy (non-hydrogen) atoms. The van der Waals surface area contributed by atoms with Gasteiger partial charge in [-0.15, -0.1) is 0 Å². The van der Waals surface area contributed by atoms with Gasteiger partial charge in [0.05, 0.1) is 11.6 Å². The van der Waals surface area contributed by atoms with Crippen LogP contribution in [-0.2, 0) is 6.54 Å². The molecule has 1 heterocycles. The highest BCUT2D eigenvalue weighted by molar-refractivity contribution is 5.92. The van der Waals surface area contributed by atoms with Crippen molar-refractivity contribution in [3.63, 3.8) is 0 Å². The second-order valence-corrected chi connectivity index (χ2v) is 5.75. The number of benzene rings is 2. The quantitative estimate of drug-likeness (QED) is 0.768. The molecule has 1 amide bonds. The summed E-state index contributed by atoms with van der Waals surface area (Å²) in [6, 6.07) is 20.4. The molecule has 0 unspecified atom stereocenters. The Labute approximate surface area is 151 Å². The van der Waals surface area contributed by atoms with Crippen LogP contribution < -0.4 is 5.32 Å². The molecule has 0 saturated carbocycles. The van der Waals surface area contributed by atoms with Crippen molar-refractivity contribution in [1.29, 1.82) is 5.26 Å². The van der Waals surface area contributed by atoms with Gasteiger partial charge in [0, 0.05) is 25.3 Å². The lowest BCUT2D eigenvalue weighted by Gasteiger charge is -2.17. The van der Waals surface area contributed by atoms with Gasteiger partial charge in [-0.3, -0.25) is 4.79 Å². The van der Waals surface area contributed by atoms with E-state index in [9.17, 15) is 4.79 Å². The molecule has 0 aliphatic heterocycles. The molecule has 6 nitrogen and oxygen atoms in total. The van der Waals surface area contributed by atoms with Crippen LogP contribution in [0.1, 0.15) is 21.6 Å². The number of nitrogens with zero attached hydrogens (tertiary/aromatic N) is 4. The summed E-state index contributed by atoms with van der Waals surface area (Å²) in [5.41, 5.74) is 2.72. The Morgan fingerprint density at radius 1 is 1.12 bits per heavy atom. The third kappa shape index (κ3) is 4.22. The summed E-state index contributed by atoms with van der Waals surface area (Å²) in [5, 5.41) is 11.9. The Morgan fingerprint density at radius 2 is 1.85 bits per heavy atom. The van der Waals surface area contributed by atoms with Gasteiger partial charge >= 0.3 is 0 Å². The number of anilines is 2. The smallest absolute Gasteiger partial charge is 0.272 e. The van der Waals surface area contributed by atoms with E-state index in [-0.39, 0.29) is 5.91 Å².